The summed E-state index contributed by atoms with van der Waals surface area (Å²) in [5.41, 5.74) is 0. The van der Waals surface area contributed by atoms with Gasteiger partial charge in [-0.15, -0.1) is 0 Å². The molecule has 0 N–H and O–H groups in total. The lowest BCUT2D eigenvalue weighted by molar-refractivity contribution is -0.107. The highest BCUT2D eigenvalue weighted by atomic mass is 28.3. The Morgan fingerprint density at radius 2 is 0.810 bits per heavy atom. The summed E-state index contributed by atoms with van der Waals surface area (Å²) in [7, 11) is -5.95. The van der Waals surface area contributed by atoms with Crippen LogP contribution in [0.2, 0.25) is 0 Å². The number of hydrogen-bond acceptors (Lipinski definition) is 0. The van der Waals surface area contributed by atoms with Crippen molar-refractivity contribution in [2.75, 3.05) is 0 Å². The minimum Gasteiger partial charge on any atom is -0.175 e. The Labute approximate surface area is 118 Å². The summed E-state index contributed by atoms with van der Waals surface area (Å²) in [4.78, 5) is 0. The van der Waals surface area contributed by atoms with Crippen LogP contribution < -0.4 is 10.4 Å². The van der Waals surface area contributed by atoms with Crippen LogP contribution >= 0.6 is 0 Å². The Bertz CT molecular complexity index is 533. The van der Waals surface area contributed by atoms with Gasteiger partial charge in [0.25, 0.3) is 0 Å². The molecule has 0 saturated carbocycles. The molecule has 2 aromatic carbocycles. The molecular weight excluding hydrogens is 310 g/mol. The molecule has 0 radical (unpaired) electrons. The van der Waals surface area contributed by atoms with Crippen LogP contribution in [0.4, 0.5) is 26.3 Å². The Balaban J connectivity index is 2.87. The van der Waals surface area contributed by atoms with Gasteiger partial charge in [-0.2, -0.15) is 26.3 Å². The minimum atomic E-state index is -5.95. The van der Waals surface area contributed by atoms with Gasteiger partial charge in [-0.1, -0.05) is 60.7 Å². The Morgan fingerprint density at radius 3 is 1.05 bits per heavy atom. The molecule has 0 aliphatic heterocycles. The van der Waals surface area contributed by atoms with Crippen molar-refractivity contribution < 1.29 is 26.3 Å². The van der Waals surface area contributed by atoms with Gasteiger partial charge in [0.15, 0.2) is 0 Å². The zero-order valence-corrected chi connectivity index (χ0v) is 11.5. The first-order valence-electron chi connectivity index (χ1n) is 5.96. The molecule has 2 rings (SSSR count). The molecule has 0 nitrogen and oxygen atoms in total. The predicted octanol–water partition coefficient (Wildman–Crippen LogP) is 3.45. The number of hydrogen-bond donors (Lipinski definition) is 0. The lowest BCUT2D eigenvalue weighted by Crippen LogP contribution is -2.77. The Hall–Kier alpha value is -1.76. The molecular formula is C14H10F6Si. The summed E-state index contributed by atoms with van der Waals surface area (Å²) in [5.74, 6) is -10.8. The van der Waals surface area contributed by atoms with Gasteiger partial charge in [0.2, 0.25) is 0 Å². The molecule has 0 aromatic heterocycles. The molecule has 0 fully saturated rings. The standard InChI is InChI=1S/C14H10F6Si/c15-13(16,17)21(14(18,19)20,11-7-3-1-4-8-11)12-9-5-2-6-10-12/h1-10H. The molecule has 0 bridgehead atoms. The zero-order chi connectivity index (χ0) is 15.7. The van der Waals surface area contributed by atoms with E-state index in [2.05, 4.69) is 0 Å². The first-order valence-corrected chi connectivity index (χ1v) is 7.96. The molecule has 0 atom stereocenters. The van der Waals surface area contributed by atoms with Crippen molar-refractivity contribution in [3.63, 3.8) is 0 Å². The van der Waals surface area contributed by atoms with Crippen molar-refractivity contribution in [3.8, 4) is 0 Å². The highest BCUT2D eigenvalue weighted by molar-refractivity contribution is 7.05. The Kier molecular flexibility index (Phi) is 3.88. The van der Waals surface area contributed by atoms with Crippen molar-refractivity contribution in [1.82, 2.24) is 0 Å². The van der Waals surface area contributed by atoms with Crippen LogP contribution in [-0.2, 0) is 0 Å². The highest BCUT2D eigenvalue weighted by Gasteiger charge is 2.75. The molecule has 0 heterocycles. The fraction of sp³-hybridized carbons (Fsp3) is 0.143. The maximum absolute atomic E-state index is 13.6. The third-order valence-corrected chi connectivity index (χ3v) is 7.36. The smallest absolute Gasteiger partial charge is 0.175 e. The van der Waals surface area contributed by atoms with E-state index in [0.717, 1.165) is 24.3 Å². The predicted molar refractivity (Wildman–Crippen MR) is 70.0 cm³/mol. The molecule has 0 amide bonds. The van der Waals surface area contributed by atoms with E-state index in [1.807, 2.05) is 0 Å². The maximum atomic E-state index is 13.6. The highest BCUT2D eigenvalue weighted by Crippen LogP contribution is 2.40. The minimum absolute atomic E-state index is 0.712. The lowest BCUT2D eigenvalue weighted by Gasteiger charge is -2.35. The maximum Gasteiger partial charge on any atom is 0.381 e. The van der Waals surface area contributed by atoms with Gasteiger partial charge in [-0.05, 0) is 10.4 Å². The number of alkyl halides is 6. The van der Waals surface area contributed by atoms with E-state index in [4.69, 9.17) is 0 Å². The average molecular weight is 320 g/mol. The van der Waals surface area contributed by atoms with Crippen LogP contribution in [0.1, 0.15) is 0 Å². The second kappa shape index (κ2) is 5.21. The number of benzene rings is 2. The van der Waals surface area contributed by atoms with E-state index < -0.39 is 30.0 Å². The third-order valence-electron chi connectivity index (χ3n) is 3.26. The summed E-state index contributed by atoms with van der Waals surface area (Å²) in [6, 6.07) is 11.2. The van der Waals surface area contributed by atoms with Crippen LogP contribution in [0, 0.1) is 0 Å². The lowest BCUT2D eigenvalue weighted by atomic mass is 10.4. The van der Waals surface area contributed by atoms with Gasteiger partial charge < -0.3 is 0 Å². The SMILES string of the molecule is FC(F)(F)[Si](c1ccccc1)(c1ccccc1)C(F)(F)F. The summed E-state index contributed by atoms with van der Waals surface area (Å²) >= 11 is 0. The summed E-state index contributed by atoms with van der Waals surface area (Å²) < 4.78 is 81.5. The van der Waals surface area contributed by atoms with Gasteiger partial charge in [0.05, 0.1) is 0 Å². The fourth-order valence-electron chi connectivity index (χ4n) is 2.36. The first-order chi connectivity index (χ1) is 9.71. The number of halogens is 6. The van der Waals surface area contributed by atoms with Gasteiger partial charge in [0, 0.05) is 0 Å². The van der Waals surface area contributed by atoms with Crippen LogP contribution in [0.25, 0.3) is 0 Å². The molecule has 2 aromatic rings. The monoisotopic (exact) mass is 320 g/mol. The van der Waals surface area contributed by atoms with Gasteiger partial charge in [-0.25, -0.2) is 0 Å². The van der Waals surface area contributed by atoms with E-state index in [1.54, 1.807) is 0 Å². The van der Waals surface area contributed by atoms with E-state index in [-0.39, 0.29) is 0 Å². The van der Waals surface area contributed by atoms with Crippen molar-refractivity contribution in [2.45, 2.75) is 11.6 Å². The quantitative estimate of drug-likeness (QED) is 0.587. The van der Waals surface area contributed by atoms with E-state index in [1.165, 1.54) is 36.4 Å². The van der Waals surface area contributed by atoms with Crippen LogP contribution in [0.15, 0.2) is 60.7 Å². The van der Waals surface area contributed by atoms with E-state index in [0.29, 0.717) is 0 Å². The largest absolute Gasteiger partial charge is 0.381 e. The molecule has 21 heavy (non-hydrogen) atoms. The molecule has 7 heteroatoms. The molecule has 0 saturated heterocycles. The van der Waals surface area contributed by atoms with Crippen molar-refractivity contribution in [2.24, 2.45) is 0 Å². The zero-order valence-electron chi connectivity index (χ0n) is 10.5. The van der Waals surface area contributed by atoms with Crippen molar-refractivity contribution >= 4 is 18.4 Å². The molecule has 0 aliphatic rings. The molecule has 0 aliphatic carbocycles. The second-order valence-electron chi connectivity index (χ2n) is 4.48. The van der Waals surface area contributed by atoms with Crippen molar-refractivity contribution in [3.05, 3.63) is 60.7 Å². The topological polar surface area (TPSA) is 0 Å². The fourth-order valence-corrected chi connectivity index (χ4v) is 5.71. The second-order valence-corrected chi connectivity index (χ2v) is 8.27. The molecule has 0 unspecified atom stereocenters. The molecule has 0 spiro atoms. The summed E-state index contributed by atoms with van der Waals surface area (Å²) in [6.45, 7) is 0. The van der Waals surface area contributed by atoms with Gasteiger partial charge in [0.1, 0.15) is 0 Å². The van der Waals surface area contributed by atoms with E-state index in [9.17, 15) is 26.3 Å². The van der Waals surface area contributed by atoms with Crippen LogP contribution in [0.5, 0.6) is 0 Å². The normalized spacial score (nSPS) is 13.2. The summed E-state index contributed by atoms with van der Waals surface area (Å²) in [5, 5.41) is -1.42. The van der Waals surface area contributed by atoms with Crippen LogP contribution in [-0.4, -0.2) is 19.7 Å². The first kappa shape index (κ1) is 15.6. The number of rotatable bonds is 2. The van der Waals surface area contributed by atoms with Crippen LogP contribution in [0.3, 0.4) is 0 Å². The average Bonchev–Trinajstić information content (AvgIpc) is 2.38. The van der Waals surface area contributed by atoms with Gasteiger partial charge in [-0.3, -0.25) is 0 Å². The molecule has 112 valence electrons. The van der Waals surface area contributed by atoms with E-state index >= 15 is 0 Å². The third kappa shape index (κ3) is 2.46. The van der Waals surface area contributed by atoms with Crippen molar-refractivity contribution in [1.29, 1.82) is 0 Å². The summed E-state index contributed by atoms with van der Waals surface area (Å²) in [6.07, 6.45) is 0. The Morgan fingerprint density at radius 1 is 0.524 bits per heavy atom. The van der Waals surface area contributed by atoms with Gasteiger partial charge >= 0.3 is 19.7 Å².